The predicted octanol–water partition coefficient (Wildman–Crippen LogP) is 3.81. The molecule has 0 radical (unpaired) electrons. The Hall–Kier alpha value is -1.41. The van der Waals surface area contributed by atoms with Crippen LogP contribution in [0.25, 0.3) is 6.08 Å². The molecule has 0 spiro atoms. The minimum absolute atomic E-state index is 0.0910. The van der Waals surface area contributed by atoms with Crippen LogP contribution in [0.5, 0.6) is 0 Å². The minimum atomic E-state index is -0.757. The van der Waals surface area contributed by atoms with E-state index in [2.05, 4.69) is 31.9 Å². The summed E-state index contributed by atoms with van der Waals surface area (Å²) in [6.45, 7) is 1.95. The second-order valence-electron chi connectivity index (χ2n) is 4.25. The predicted molar refractivity (Wildman–Crippen MR) is 81.9 cm³/mol. The highest BCUT2D eigenvalue weighted by Gasteiger charge is 2.32. The number of benzene rings is 1. The Balaban J connectivity index is 2.43. The summed E-state index contributed by atoms with van der Waals surface area (Å²) in [5, 5.41) is 11.0. The van der Waals surface area contributed by atoms with Gasteiger partial charge in [-0.1, -0.05) is 31.9 Å². The van der Waals surface area contributed by atoms with Gasteiger partial charge in [0.2, 0.25) is 0 Å². The van der Waals surface area contributed by atoms with Gasteiger partial charge in [-0.3, -0.25) is 14.9 Å². The third-order valence-corrected chi connectivity index (χ3v) is 3.94. The van der Waals surface area contributed by atoms with Crippen molar-refractivity contribution in [1.82, 2.24) is 0 Å². The van der Waals surface area contributed by atoms with Gasteiger partial charge in [0.25, 0.3) is 0 Å². The number of halogens is 2. The summed E-state index contributed by atoms with van der Waals surface area (Å²) in [6, 6.07) is 3.54. The normalized spacial score (nSPS) is 16.5. The number of ether oxygens (including phenoxy) is 2. The molecule has 8 heteroatoms. The van der Waals surface area contributed by atoms with E-state index in [1.807, 2.05) is 0 Å². The summed E-state index contributed by atoms with van der Waals surface area (Å²) in [5.74, 6) is -0.852. The molecule has 1 atom stereocenters. The van der Waals surface area contributed by atoms with Crippen molar-refractivity contribution < 1.29 is 19.2 Å². The van der Waals surface area contributed by atoms with Gasteiger partial charge in [-0.05, 0) is 24.6 Å². The lowest BCUT2D eigenvalue weighted by atomic mass is 9.98. The summed E-state index contributed by atoms with van der Waals surface area (Å²) in [7, 11) is 0. The van der Waals surface area contributed by atoms with Crippen LogP contribution >= 0.6 is 31.9 Å². The van der Waals surface area contributed by atoms with Crippen molar-refractivity contribution in [3.05, 3.63) is 48.2 Å². The van der Waals surface area contributed by atoms with Gasteiger partial charge in [0.1, 0.15) is 11.0 Å². The Morgan fingerprint density at radius 2 is 2.19 bits per heavy atom. The molecule has 1 aromatic rings. The average Bonchev–Trinajstić information content (AvgIpc) is 2.37. The summed E-state index contributed by atoms with van der Waals surface area (Å²) in [4.78, 5) is 22.0. The fraction of sp³-hybridized carbons (Fsp3) is 0.308. The zero-order valence-corrected chi connectivity index (χ0v) is 14.1. The quantitative estimate of drug-likeness (QED) is 0.420. The topological polar surface area (TPSA) is 78.7 Å². The first-order chi connectivity index (χ1) is 9.92. The molecular weight excluding hydrogens is 410 g/mol. The summed E-state index contributed by atoms with van der Waals surface area (Å²) in [5.41, 5.74) is 1.32. The summed E-state index contributed by atoms with van der Waals surface area (Å²) in [6.07, 6.45) is 0.491. The van der Waals surface area contributed by atoms with Gasteiger partial charge in [-0.25, -0.2) is 0 Å². The maximum atomic E-state index is 11.7. The van der Waals surface area contributed by atoms with Crippen LogP contribution in [-0.2, 0) is 14.3 Å². The molecule has 1 aromatic carbocycles. The van der Waals surface area contributed by atoms with Crippen LogP contribution < -0.4 is 0 Å². The molecule has 0 aromatic heterocycles. The number of nitro groups is 1. The molecule has 1 aliphatic heterocycles. The molecule has 0 saturated carbocycles. The molecule has 1 aliphatic rings. The standard InChI is InChI=1S/C13H11Br2NO5/c1-2-20-12(17)6-10-13-7(3-8(14)5-9(13)15)4-11(21-10)16(18)19/h3-5,10H,2,6H2,1H3/t10-/m1/s1. The van der Waals surface area contributed by atoms with Crippen LogP contribution in [0.4, 0.5) is 0 Å². The third-order valence-electron chi connectivity index (χ3n) is 2.83. The second kappa shape index (κ2) is 6.57. The van der Waals surface area contributed by atoms with E-state index in [-0.39, 0.29) is 18.9 Å². The molecular formula is C13H11Br2NO5. The van der Waals surface area contributed by atoms with E-state index in [0.717, 1.165) is 4.47 Å². The first-order valence-corrected chi connectivity index (χ1v) is 7.68. The van der Waals surface area contributed by atoms with Gasteiger partial charge in [0.05, 0.1) is 19.1 Å². The summed E-state index contributed by atoms with van der Waals surface area (Å²) >= 11 is 6.73. The molecule has 0 unspecified atom stereocenters. The number of rotatable bonds is 4. The molecule has 0 amide bonds. The van der Waals surface area contributed by atoms with Crippen molar-refractivity contribution in [2.45, 2.75) is 19.4 Å². The SMILES string of the molecule is CCOC(=O)C[C@H]1OC([N+](=O)[O-])=Cc2cc(Br)cc(Br)c21. The molecule has 0 saturated heterocycles. The van der Waals surface area contributed by atoms with Crippen molar-refractivity contribution in [2.24, 2.45) is 0 Å². The molecule has 112 valence electrons. The molecule has 2 rings (SSSR count). The Morgan fingerprint density at radius 1 is 1.48 bits per heavy atom. The highest BCUT2D eigenvalue weighted by molar-refractivity contribution is 9.11. The number of hydrogen-bond donors (Lipinski definition) is 0. The maximum absolute atomic E-state index is 11.7. The lowest BCUT2D eigenvalue weighted by molar-refractivity contribution is -0.466. The molecule has 0 bridgehead atoms. The third kappa shape index (κ3) is 3.62. The molecule has 0 aliphatic carbocycles. The van der Waals surface area contributed by atoms with Crippen molar-refractivity contribution in [1.29, 1.82) is 0 Å². The number of carbonyl (C=O) groups is 1. The van der Waals surface area contributed by atoms with Gasteiger partial charge < -0.3 is 9.47 Å². The number of nitrogens with zero attached hydrogens (tertiary/aromatic N) is 1. The molecule has 1 heterocycles. The van der Waals surface area contributed by atoms with E-state index in [1.54, 1.807) is 19.1 Å². The Bertz CT molecular complexity index is 629. The zero-order valence-electron chi connectivity index (χ0n) is 11.0. The fourth-order valence-electron chi connectivity index (χ4n) is 2.05. The van der Waals surface area contributed by atoms with Crippen molar-refractivity contribution in [2.75, 3.05) is 6.61 Å². The zero-order chi connectivity index (χ0) is 15.6. The number of carbonyl (C=O) groups excluding carboxylic acids is 1. The molecule has 21 heavy (non-hydrogen) atoms. The first kappa shape index (κ1) is 16.0. The van der Waals surface area contributed by atoms with Gasteiger partial charge in [-0.15, -0.1) is 0 Å². The van der Waals surface area contributed by atoms with Gasteiger partial charge in [-0.2, -0.15) is 0 Å². The number of hydrogen-bond acceptors (Lipinski definition) is 5. The molecule has 0 N–H and O–H groups in total. The van der Waals surface area contributed by atoms with E-state index in [9.17, 15) is 14.9 Å². The first-order valence-electron chi connectivity index (χ1n) is 6.09. The largest absolute Gasteiger partial charge is 0.466 e. The van der Waals surface area contributed by atoms with Crippen LogP contribution in [0.3, 0.4) is 0 Å². The molecule has 6 nitrogen and oxygen atoms in total. The molecule has 0 fully saturated rings. The maximum Gasteiger partial charge on any atom is 0.429 e. The van der Waals surface area contributed by atoms with Gasteiger partial charge in [0, 0.05) is 14.5 Å². The van der Waals surface area contributed by atoms with E-state index in [1.165, 1.54) is 6.08 Å². The van der Waals surface area contributed by atoms with Crippen molar-refractivity contribution in [3.63, 3.8) is 0 Å². The van der Waals surface area contributed by atoms with E-state index in [0.29, 0.717) is 15.6 Å². The van der Waals surface area contributed by atoms with Crippen LogP contribution in [0, 0.1) is 10.1 Å². The van der Waals surface area contributed by atoms with E-state index >= 15 is 0 Å². The Kier molecular flexibility index (Phi) is 5.00. The van der Waals surface area contributed by atoms with Crippen molar-refractivity contribution in [3.8, 4) is 0 Å². The fourth-order valence-corrected chi connectivity index (χ4v) is 3.56. The van der Waals surface area contributed by atoms with E-state index < -0.39 is 17.0 Å². The highest BCUT2D eigenvalue weighted by Crippen LogP contribution is 2.40. The average molecular weight is 421 g/mol. The second-order valence-corrected chi connectivity index (χ2v) is 6.02. The van der Waals surface area contributed by atoms with Crippen molar-refractivity contribution >= 4 is 43.9 Å². The minimum Gasteiger partial charge on any atom is -0.466 e. The van der Waals surface area contributed by atoms with Crippen LogP contribution in [0.1, 0.15) is 30.6 Å². The van der Waals surface area contributed by atoms with Crippen LogP contribution in [-0.4, -0.2) is 17.5 Å². The Morgan fingerprint density at radius 3 is 2.81 bits per heavy atom. The smallest absolute Gasteiger partial charge is 0.429 e. The highest BCUT2D eigenvalue weighted by atomic mass is 79.9. The Labute approximate surface area is 137 Å². The van der Waals surface area contributed by atoms with E-state index in [4.69, 9.17) is 9.47 Å². The monoisotopic (exact) mass is 419 g/mol. The van der Waals surface area contributed by atoms with Gasteiger partial charge in [0.15, 0.2) is 0 Å². The van der Waals surface area contributed by atoms with Gasteiger partial charge >= 0.3 is 11.9 Å². The van der Waals surface area contributed by atoms with Crippen LogP contribution in [0.2, 0.25) is 0 Å². The lowest BCUT2D eigenvalue weighted by Crippen LogP contribution is -2.19. The summed E-state index contributed by atoms with van der Waals surface area (Å²) < 4.78 is 11.7. The number of fused-ring (bicyclic) bond motifs is 1. The lowest BCUT2D eigenvalue weighted by Gasteiger charge is -2.23. The van der Waals surface area contributed by atoms with Crippen LogP contribution in [0.15, 0.2) is 27.0 Å². The number of esters is 1.